The summed E-state index contributed by atoms with van der Waals surface area (Å²) in [7, 11) is 1.13. The molecule has 0 saturated heterocycles. The summed E-state index contributed by atoms with van der Waals surface area (Å²) in [6.07, 6.45) is -3.53. The van der Waals surface area contributed by atoms with Crippen LogP contribution >= 0.6 is 15.9 Å². The van der Waals surface area contributed by atoms with Gasteiger partial charge in [0, 0.05) is 17.2 Å². The zero-order chi connectivity index (χ0) is 28.3. The van der Waals surface area contributed by atoms with E-state index in [4.69, 9.17) is 4.74 Å². The molecule has 0 atom stereocenters. The number of aromatic nitrogens is 2. The van der Waals surface area contributed by atoms with Gasteiger partial charge in [-0.15, -0.1) is 0 Å². The fourth-order valence-electron chi connectivity index (χ4n) is 3.52. The quantitative estimate of drug-likeness (QED) is 0.123. The van der Waals surface area contributed by atoms with Crippen LogP contribution in [0.3, 0.4) is 0 Å². The number of halogens is 4. The molecule has 0 radical (unpaired) electrons. The van der Waals surface area contributed by atoms with E-state index in [1.807, 2.05) is 0 Å². The molecule has 0 aliphatic heterocycles. The van der Waals surface area contributed by atoms with Gasteiger partial charge in [-0.25, -0.2) is 9.78 Å². The number of para-hydroxylation sites is 1. The number of carbonyl (C=O) groups is 1. The lowest BCUT2D eigenvalue weighted by molar-refractivity contribution is -0.385. The highest BCUT2D eigenvalue weighted by atomic mass is 79.9. The highest BCUT2D eigenvalue weighted by Gasteiger charge is 2.31. The van der Waals surface area contributed by atoms with Gasteiger partial charge in [-0.2, -0.15) is 22.9 Å². The normalized spacial score (nSPS) is 11.6. The lowest BCUT2D eigenvalue weighted by Gasteiger charge is -2.12. The number of rotatable bonds is 7. The van der Waals surface area contributed by atoms with Crippen molar-refractivity contribution < 1.29 is 32.4 Å². The Morgan fingerprint density at radius 2 is 1.92 bits per heavy atom. The van der Waals surface area contributed by atoms with E-state index in [1.54, 1.807) is 12.1 Å². The van der Waals surface area contributed by atoms with Crippen LogP contribution in [-0.4, -0.2) is 40.5 Å². The first-order valence-corrected chi connectivity index (χ1v) is 11.7. The van der Waals surface area contributed by atoms with Crippen molar-refractivity contribution in [2.45, 2.75) is 6.18 Å². The average molecular weight is 605 g/mol. The highest BCUT2D eigenvalue weighted by molar-refractivity contribution is 9.10. The van der Waals surface area contributed by atoms with E-state index >= 15 is 0 Å². The maximum Gasteiger partial charge on any atom is 0.416 e. The summed E-state index contributed by atoms with van der Waals surface area (Å²) >= 11 is 3.16. The van der Waals surface area contributed by atoms with Crippen molar-refractivity contribution in [2.24, 2.45) is 5.10 Å². The molecular weight excluding hydrogens is 589 g/mol. The molecule has 4 aromatic rings. The van der Waals surface area contributed by atoms with Gasteiger partial charge in [-0.1, -0.05) is 24.3 Å². The topological polar surface area (TPSA) is 126 Å². The number of ether oxygens (including phenoxy) is 2. The van der Waals surface area contributed by atoms with Crippen molar-refractivity contribution in [1.82, 2.24) is 9.66 Å². The molecule has 1 aromatic heterocycles. The van der Waals surface area contributed by atoms with Crippen molar-refractivity contribution in [2.75, 3.05) is 13.7 Å². The highest BCUT2D eigenvalue weighted by Crippen LogP contribution is 2.36. The zero-order valence-electron chi connectivity index (χ0n) is 19.8. The minimum Gasteiger partial charge on any atom is -0.474 e. The van der Waals surface area contributed by atoms with Gasteiger partial charge in [0.15, 0.2) is 12.4 Å². The van der Waals surface area contributed by atoms with Crippen LogP contribution in [0.2, 0.25) is 0 Å². The van der Waals surface area contributed by atoms with Gasteiger partial charge < -0.3 is 9.47 Å². The standard InChI is InChI=1S/C25H16BrF3N4O6/c1-38-21(34)13-39-22-18(26)9-14(10-20(22)33(36)37)12-30-32-23(15-5-4-6-16(11-15)25(27,28)29)31-19-8-3-2-7-17(19)24(32)35/h2-12H,13H2,1H3. The van der Waals surface area contributed by atoms with Crippen LogP contribution in [0.4, 0.5) is 18.9 Å². The monoisotopic (exact) mass is 604 g/mol. The first kappa shape index (κ1) is 27.4. The van der Waals surface area contributed by atoms with Crippen molar-refractivity contribution in [3.63, 3.8) is 0 Å². The first-order chi connectivity index (χ1) is 18.5. The number of hydrogen-bond acceptors (Lipinski definition) is 8. The van der Waals surface area contributed by atoms with Gasteiger partial charge in [0.05, 0.1) is 39.2 Å². The van der Waals surface area contributed by atoms with Crippen LogP contribution in [0.25, 0.3) is 22.3 Å². The van der Waals surface area contributed by atoms with Crippen LogP contribution in [-0.2, 0) is 15.7 Å². The third-order valence-corrected chi connectivity index (χ3v) is 5.92. The molecule has 0 N–H and O–H groups in total. The number of carbonyl (C=O) groups excluding carboxylic acids is 1. The SMILES string of the molecule is COC(=O)COc1c(Br)cc(C=Nn2c(-c3cccc(C(F)(F)F)c3)nc3ccccc3c2=O)cc1[N+](=O)[O-]. The number of esters is 1. The Morgan fingerprint density at radius 1 is 1.18 bits per heavy atom. The van der Waals surface area contributed by atoms with Crippen molar-refractivity contribution in [3.8, 4) is 17.1 Å². The number of fused-ring (bicyclic) bond motifs is 1. The van der Waals surface area contributed by atoms with Gasteiger partial charge in [0.25, 0.3) is 5.56 Å². The third-order valence-electron chi connectivity index (χ3n) is 5.33. The molecule has 14 heteroatoms. The van der Waals surface area contributed by atoms with Gasteiger partial charge in [0.1, 0.15) is 0 Å². The Morgan fingerprint density at radius 3 is 2.62 bits per heavy atom. The number of nitro benzene ring substituents is 1. The largest absolute Gasteiger partial charge is 0.474 e. The van der Waals surface area contributed by atoms with Crippen molar-refractivity contribution in [3.05, 3.63) is 96.7 Å². The molecule has 0 aliphatic rings. The second-order valence-electron chi connectivity index (χ2n) is 7.87. The maximum atomic E-state index is 13.4. The molecule has 0 unspecified atom stereocenters. The predicted molar refractivity (Wildman–Crippen MR) is 138 cm³/mol. The molecule has 0 amide bonds. The van der Waals surface area contributed by atoms with E-state index in [9.17, 15) is 32.9 Å². The molecule has 0 bridgehead atoms. The number of hydrogen-bond donors (Lipinski definition) is 0. The smallest absolute Gasteiger partial charge is 0.416 e. The summed E-state index contributed by atoms with van der Waals surface area (Å²) in [6.45, 7) is -0.581. The van der Waals surface area contributed by atoms with Crippen molar-refractivity contribution >= 4 is 44.7 Å². The van der Waals surface area contributed by atoms with Crippen LogP contribution in [0.1, 0.15) is 11.1 Å². The summed E-state index contributed by atoms with van der Waals surface area (Å²) in [4.78, 5) is 40.0. The lowest BCUT2D eigenvalue weighted by atomic mass is 10.1. The third kappa shape index (κ3) is 5.95. The summed E-state index contributed by atoms with van der Waals surface area (Å²) in [6, 6.07) is 13.0. The molecule has 0 fully saturated rings. The van der Waals surface area contributed by atoms with Crippen LogP contribution in [0, 0.1) is 10.1 Å². The fraction of sp³-hybridized carbons (Fsp3) is 0.120. The van der Waals surface area contributed by atoms with Crippen LogP contribution in [0.15, 0.2) is 75.0 Å². The van der Waals surface area contributed by atoms with E-state index in [0.29, 0.717) is 0 Å². The fourth-order valence-corrected chi connectivity index (χ4v) is 4.10. The average Bonchev–Trinajstić information content (AvgIpc) is 2.90. The molecular formula is C25H16BrF3N4O6. The van der Waals surface area contributed by atoms with E-state index in [-0.39, 0.29) is 38.1 Å². The summed E-state index contributed by atoms with van der Waals surface area (Å²) in [5.41, 5.74) is -1.78. The molecule has 0 spiro atoms. The Hall–Kier alpha value is -4.59. The summed E-state index contributed by atoms with van der Waals surface area (Å²) in [5, 5.41) is 15.9. The lowest BCUT2D eigenvalue weighted by Crippen LogP contribution is -2.20. The number of alkyl halides is 3. The second-order valence-corrected chi connectivity index (χ2v) is 8.72. The maximum absolute atomic E-state index is 13.4. The van der Waals surface area contributed by atoms with Crippen molar-refractivity contribution in [1.29, 1.82) is 0 Å². The molecule has 3 aromatic carbocycles. The molecule has 1 heterocycles. The van der Waals surface area contributed by atoms with E-state index in [2.05, 4.69) is 30.8 Å². The number of nitro groups is 1. The number of nitrogens with zero attached hydrogens (tertiary/aromatic N) is 4. The van der Waals surface area contributed by atoms with E-state index in [0.717, 1.165) is 36.2 Å². The van der Waals surface area contributed by atoms with Gasteiger partial charge in [-0.05, 0) is 46.3 Å². The van der Waals surface area contributed by atoms with Crippen LogP contribution < -0.4 is 10.3 Å². The Balaban J connectivity index is 1.85. The molecule has 200 valence electrons. The Labute approximate surface area is 225 Å². The van der Waals surface area contributed by atoms with Gasteiger partial charge in [0.2, 0.25) is 5.75 Å². The van der Waals surface area contributed by atoms with Crippen LogP contribution in [0.5, 0.6) is 5.75 Å². The first-order valence-electron chi connectivity index (χ1n) is 10.9. The summed E-state index contributed by atoms with van der Waals surface area (Å²) in [5.74, 6) is -1.17. The predicted octanol–water partition coefficient (Wildman–Crippen LogP) is 5.19. The zero-order valence-corrected chi connectivity index (χ0v) is 21.4. The Kier molecular flexibility index (Phi) is 7.76. The van der Waals surface area contributed by atoms with Gasteiger partial charge >= 0.3 is 17.8 Å². The minimum absolute atomic E-state index is 0.0245. The molecule has 0 aliphatic carbocycles. The minimum atomic E-state index is -4.63. The second kappa shape index (κ2) is 11.0. The molecule has 10 nitrogen and oxygen atoms in total. The Bertz CT molecular complexity index is 1690. The van der Waals surface area contributed by atoms with Gasteiger partial charge in [-0.3, -0.25) is 14.9 Å². The molecule has 0 saturated carbocycles. The molecule has 4 rings (SSSR count). The summed E-state index contributed by atoms with van der Waals surface area (Å²) < 4.78 is 50.7. The van der Waals surface area contributed by atoms with E-state index < -0.39 is 40.5 Å². The van der Waals surface area contributed by atoms with E-state index in [1.165, 1.54) is 30.3 Å². The number of methoxy groups -OCH3 is 1. The molecule has 39 heavy (non-hydrogen) atoms. The number of benzene rings is 3.